The van der Waals surface area contributed by atoms with E-state index in [1.165, 1.54) is 6.33 Å². The molecule has 1 saturated heterocycles. The predicted octanol–water partition coefficient (Wildman–Crippen LogP) is 8.57. The molecule has 7 aromatic rings. The Morgan fingerprint density at radius 3 is 1.58 bits per heavy atom. The van der Waals surface area contributed by atoms with Gasteiger partial charge in [-0.25, -0.2) is 19.7 Å². The van der Waals surface area contributed by atoms with Crippen molar-refractivity contribution in [2.75, 3.05) is 17.2 Å². The molecule has 2 amide bonds. The van der Waals surface area contributed by atoms with Gasteiger partial charge in [-0.1, -0.05) is 186 Å². The number of fused-ring (bicyclic) bond motifs is 1. The Balaban J connectivity index is 1.35. The second-order valence-corrected chi connectivity index (χ2v) is 26.5. The van der Waals surface area contributed by atoms with E-state index in [1.54, 1.807) is 18.5 Å². The summed E-state index contributed by atoms with van der Waals surface area (Å²) in [5, 5.41) is 13.3. The van der Waals surface area contributed by atoms with Crippen LogP contribution in [0.15, 0.2) is 169 Å². The molecule has 8 rings (SSSR count). The van der Waals surface area contributed by atoms with Crippen LogP contribution in [-0.4, -0.2) is 67.0 Å². The number of carbonyl (C=O) groups is 1. The first-order chi connectivity index (χ1) is 30.9. The lowest BCUT2D eigenvalue weighted by atomic mass is 10.1. The van der Waals surface area contributed by atoms with E-state index in [1.807, 2.05) is 47.0 Å². The molecule has 2 N–H and O–H groups in total. The lowest BCUT2D eigenvalue weighted by molar-refractivity contribution is -0.0277. The third kappa shape index (κ3) is 8.37. The van der Waals surface area contributed by atoms with E-state index in [0.717, 1.165) is 20.7 Å². The number of benzene rings is 5. The monoisotopic (exact) mass is 887 g/mol. The van der Waals surface area contributed by atoms with E-state index < -0.39 is 57.3 Å². The molecule has 1 aliphatic rings. The number of anilines is 2. The maximum Gasteiger partial charge on any atom is 0.324 e. The summed E-state index contributed by atoms with van der Waals surface area (Å²) < 4.78 is 25.2. The van der Waals surface area contributed by atoms with Gasteiger partial charge in [0.15, 0.2) is 23.2 Å². The van der Waals surface area contributed by atoms with Crippen LogP contribution in [0.25, 0.3) is 21.6 Å². The maximum absolute atomic E-state index is 13.3. The Kier molecular flexibility index (Phi) is 12.7. The number of imidazole rings is 1. The van der Waals surface area contributed by atoms with Gasteiger partial charge in [0.2, 0.25) is 0 Å². The topological polar surface area (TPSA) is 161 Å². The summed E-state index contributed by atoms with van der Waals surface area (Å²) in [4.78, 5) is 30.5. The number of nitrogens with zero attached hydrogens (tertiary/aromatic N) is 7. The fourth-order valence-corrected chi connectivity index (χ4v) is 18.6. The molecule has 13 nitrogen and oxygen atoms in total. The van der Waals surface area contributed by atoms with Crippen LogP contribution in [0, 0.1) is 0 Å². The van der Waals surface area contributed by atoms with Gasteiger partial charge in [-0.2, -0.15) is 0 Å². The number of carbonyl (C=O) groups excluding carboxylic acids is 1. The molecule has 0 spiro atoms. The van der Waals surface area contributed by atoms with Crippen molar-refractivity contribution in [1.29, 1.82) is 0 Å². The second-order valence-electron chi connectivity index (χ2n) is 18.0. The van der Waals surface area contributed by atoms with E-state index in [2.05, 4.69) is 164 Å². The molecule has 3 heterocycles. The Morgan fingerprint density at radius 1 is 0.672 bits per heavy atom. The number of ether oxygens (including phenoxy) is 1. The average Bonchev–Trinajstić information content (AvgIpc) is 3.88. The summed E-state index contributed by atoms with van der Waals surface area (Å²) >= 11 is 0. The molecular weight excluding hydrogens is 835 g/mol. The molecule has 1 fully saturated rings. The molecule has 4 atom stereocenters. The number of amides is 2. The molecule has 15 heteroatoms. The molecule has 326 valence electrons. The molecule has 0 unspecified atom stereocenters. The molecular formula is C49H53N9O4Si2. The zero-order valence-electron chi connectivity index (χ0n) is 36.9. The first-order valence-electron chi connectivity index (χ1n) is 21.4. The van der Waals surface area contributed by atoms with Gasteiger partial charge in [0.1, 0.15) is 18.5 Å². The van der Waals surface area contributed by atoms with Crippen LogP contribution < -0.4 is 31.4 Å². The van der Waals surface area contributed by atoms with Gasteiger partial charge >= 0.3 is 6.03 Å². The van der Waals surface area contributed by atoms with Gasteiger partial charge in [-0.05, 0) is 48.5 Å². The van der Waals surface area contributed by atoms with Gasteiger partial charge in [-0.15, -0.1) is 0 Å². The number of hydrogen-bond donors (Lipinski definition) is 2. The lowest BCUT2D eigenvalue weighted by Gasteiger charge is -2.49. The van der Waals surface area contributed by atoms with Crippen molar-refractivity contribution in [3.8, 4) is 0 Å². The normalized spacial score (nSPS) is 18.0. The quantitative estimate of drug-likeness (QED) is 0.0508. The van der Waals surface area contributed by atoms with Crippen molar-refractivity contribution in [1.82, 2.24) is 19.5 Å². The highest BCUT2D eigenvalue weighted by Gasteiger charge is 2.60. The zero-order valence-corrected chi connectivity index (χ0v) is 38.9. The number of nitrogens with one attached hydrogen (secondary N) is 2. The molecule has 5 aromatic carbocycles. The number of aromatic nitrogens is 4. The summed E-state index contributed by atoms with van der Waals surface area (Å²) in [6, 6.07) is 50.4. The second kappa shape index (κ2) is 18.3. The largest absolute Gasteiger partial charge is 0.399 e. The van der Waals surface area contributed by atoms with Crippen molar-refractivity contribution in [2.45, 2.75) is 76.2 Å². The number of rotatable bonds is 13. The van der Waals surface area contributed by atoms with Crippen molar-refractivity contribution in [2.24, 2.45) is 5.11 Å². The van der Waals surface area contributed by atoms with Crippen LogP contribution in [-0.2, 0) is 13.6 Å². The first kappa shape index (κ1) is 44.2. The first-order valence-corrected chi connectivity index (χ1v) is 25.2. The van der Waals surface area contributed by atoms with Gasteiger partial charge in [0.25, 0.3) is 16.6 Å². The molecule has 0 saturated carbocycles. The van der Waals surface area contributed by atoms with Crippen LogP contribution >= 0.6 is 0 Å². The highest BCUT2D eigenvalue weighted by atomic mass is 28.4. The van der Waals surface area contributed by atoms with Crippen LogP contribution in [0.3, 0.4) is 0 Å². The maximum atomic E-state index is 13.3. The lowest BCUT2D eigenvalue weighted by Crippen LogP contribution is -2.71. The number of azide groups is 1. The number of urea groups is 1. The average molecular weight is 888 g/mol. The Bertz CT molecular complexity index is 2630. The minimum atomic E-state index is -3.37. The molecule has 2 aromatic heterocycles. The van der Waals surface area contributed by atoms with Crippen molar-refractivity contribution >= 4 is 66.1 Å². The Morgan fingerprint density at radius 2 is 1.12 bits per heavy atom. The van der Waals surface area contributed by atoms with E-state index >= 15 is 0 Å². The van der Waals surface area contributed by atoms with Crippen molar-refractivity contribution < 1.29 is 18.4 Å². The van der Waals surface area contributed by atoms with Crippen LogP contribution in [0.1, 0.15) is 47.8 Å². The third-order valence-corrected chi connectivity index (χ3v) is 22.0. The van der Waals surface area contributed by atoms with E-state index in [9.17, 15) is 10.3 Å². The fourth-order valence-electron chi connectivity index (χ4n) is 9.18. The third-order valence-electron chi connectivity index (χ3n) is 12.0. The van der Waals surface area contributed by atoms with Gasteiger partial charge in [-0.3, -0.25) is 9.88 Å². The van der Waals surface area contributed by atoms with E-state index in [0.29, 0.717) is 16.9 Å². The van der Waals surface area contributed by atoms with Crippen molar-refractivity contribution in [3.05, 3.63) is 175 Å². The summed E-state index contributed by atoms with van der Waals surface area (Å²) in [6.45, 7) is 13.4. The minimum absolute atomic E-state index is 0.0371. The SMILES string of the molecule is CC(C)(C)[Si](O[C@@H]1[C@H](O[Si](c2ccccc2)(c2ccccc2)C(C)(C)C)[C@@H](CN=[N+]=[N-])O[C@H]1n1cnc2c(NC(=O)Nc3ccccc3)ncnc21)(c1ccccc1)c1ccccc1. The molecule has 1 aliphatic heterocycles. The predicted molar refractivity (Wildman–Crippen MR) is 257 cm³/mol. The highest BCUT2D eigenvalue weighted by Crippen LogP contribution is 2.46. The minimum Gasteiger partial charge on any atom is -0.399 e. The smallest absolute Gasteiger partial charge is 0.324 e. The summed E-state index contributed by atoms with van der Waals surface area (Å²) in [5.41, 5.74) is 11.2. The van der Waals surface area contributed by atoms with Gasteiger partial charge in [0, 0.05) is 10.6 Å². The summed E-state index contributed by atoms with van der Waals surface area (Å²) in [7, 11) is -6.70. The fraction of sp³-hybridized carbons (Fsp3) is 0.265. The molecule has 0 bridgehead atoms. The van der Waals surface area contributed by atoms with Crippen LogP contribution in [0.4, 0.5) is 16.3 Å². The Hall–Kier alpha value is -6.46. The zero-order chi connectivity index (χ0) is 45.0. The van der Waals surface area contributed by atoms with Crippen molar-refractivity contribution in [3.63, 3.8) is 0 Å². The number of hydrogen-bond acceptors (Lipinski definition) is 8. The van der Waals surface area contributed by atoms with Gasteiger partial charge in [0.05, 0.1) is 19.0 Å². The van der Waals surface area contributed by atoms with Crippen LogP contribution in [0.5, 0.6) is 0 Å². The van der Waals surface area contributed by atoms with Gasteiger partial charge < -0.3 is 18.9 Å². The van der Waals surface area contributed by atoms with Crippen LogP contribution in [0.2, 0.25) is 10.1 Å². The molecule has 0 radical (unpaired) electrons. The highest BCUT2D eigenvalue weighted by molar-refractivity contribution is 7.00. The molecule has 0 aliphatic carbocycles. The summed E-state index contributed by atoms with van der Waals surface area (Å²) in [5.74, 6) is 0.213. The number of para-hydroxylation sites is 1. The standard InChI is InChI=1S/C49H53N9O4Si2/c1-48(2,3)63(36-24-14-8-15-25-36,37-26-16-9-17-27-37)61-42-40(32-54-57-50)60-46(43(42)62-64(49(4,5)6,38-28-18-10-19-29-38)39-30-20-11-21-31-39)58-34-53-41-44(51-33-52-45(41)58)56-47(59)55-35-22-12-7-13-23-35/h7-31,33-34,40,42-43,46H,32H2,1-6H3,(H2,51,52,55,56,59)/t40-,42-,43-,46-/m1/s1. The van der Waals surface area contributed by atoms with E-state index in [-0.39, 0.29) is 12.4 Å². The summed E-state index contributed by atoms with van der Waals surface area (Å²) in [6.07, 6.45) is -0.288. The Labute approximate surface area is 375 Å². The molecule has 64 heavy (non-hydrogen) atoms. The van der Waals surface area contributed by atoms with E-state index in [4.69, 9.17) is 23.6 Å².